The molecule has 146 valence electrons. The summed E-state index contributed by atoms with van der Waals surface area (Å²) in [6.45, 7) is 0. The molecule has 0 spiro atoms. The van der Waals surface area contributed by atoms with Gasteiger partial charge in [-0.15, -0.1) is 5.11 Å². The smallest absolute Gasteiger partial charge is 0.258 e. The number of nitro benzene ring substituents is 1. The molecule has 0 aromatic heterocycles. The van der Waals surface area contributed by atoms with E-state index >= 15 is 0 Å². The fraction of sp³-hybridized carbons (Fsp3) is 0.0455. The van der Waals surface area contributed by atoms with Crippen LogP contribution in [0.25, 0.3) is 0 Å². The lowest BCUT2D eigenvalue weighted by atomic mass is 9.94. The molecule has 0 atom stereocenters. The van der Waals surface area contributed by atoms with Crippen LogP contribution in [0.1, 0.15) is 11.1 Å². The summed E-state index contributed by atoms with van der Waals surface area (Å²) in [6, 6.07) is 24.5. The van der Waals surface area contributed by atoms with Gasteiger partial charge in [0, 0.05) is 6.07 Å². The van der Waals surface area contributed by atoms with Crippen LogP contribution in [0.5, 0.6) is 0 Å². The highest BCUT2D eigenvalue weighted by Crippen LogP contribution is 2.28. The summed E-state index contributed by atoms with van der Waals surface area (Å²) in [5.74, 6) is 0. The Hall–Kier alpha value is -3.91. The first kappa shape index (κ1) is 19.4. The number of nitro groups is 1. The van der Waals surface area contributed by atoms with Crippen LogP contribution in [0, 0.1) is 10.1 Å². The van der Waals surface area contributed by atoms with E-state index in [-0.39, 0.29) is 16.5 Å². The lowest BCUT2D eigenvalue weighted by Crippen LogP contribution is -2.34. The summed E-state index contributed by atoms with van der Waals surface area (Å²) in [4.78, 5) is 19.7. The first-order chi connectivity index (χ1) is 14.6. The number of benzene rings is 3. The van der Waals surface area contributed by atoms with Gasteiger partial charge in [0.2, 0.25) is 5.11 Å². The van der Waals surface area contributed by atoms with Crippen molar-refractivity contribution >= 4 is 40.1 Å². The molecule has 0 fully saturated rings. The molecule has 0 radical (unpaired) electrons. The van der Waals surface area contributed by atoms with E-state index in [1.54, 1.807) is 18.2 Å². The number of azo groups is 1. The monoisotopic (exact) mass is 413 g/mol. The van der Waals surface area contributed by atoms with Crippen LogP contribution in [0.4, 0.5) is 11.4 Å². The Morgan fingerprint density at radius 3 is 1.83 bits per heavy atom. The minimum absolute atomic E-state index is 0.121. The molecule has 0 bridgehead atoms. The van der Waals surface area contributed by atoms with Crippen molar-refractivity contribution in [1.29, 1.82) is 0 Å². The van der Waals surface area contributed by atoms with Gasteiger partial charge in [-0.2, -0.15) is 5.11 Å². The zero-order valence-corrected chi connectivity index (χ0v) is 16.4. The van der Waals surface area contributed by atoms with Crippen molar-refractivity contribution in [1.82, 2.24) is 0 Å². The number of hydrogen-bond donors (Lipinski definition) is 0. The topological polar surface area (TPSA) is 92.6 Å². The summed E-state index contributed by atoms with van der Waals surface area (Å²) in [5.41, 5.74) is 2.89. The van der Waals surface area contributed by atoms with Gasteiger partial charge in [-0.25, -0.2) is 9.98 Å². The van der Waals surface area contributed by atoms with Crippen molar-refractivity contribution in [2.75, 3.05) is 0 Å². The maximum atomic E-state index is 11.3. The molecule has 0 unspecified atom stereocenters. The summed E-state index contributed by atoms with van der Waals surface area (Å²) in [6.07, 6.45) is 0. The Balaban J connectivity index is 1.82. The van der Waals surface area contributed by atoms with Crippen LogP contribution < -0.4 is 0 Å². The Bertz CT molecular complexity index is 1130. The minimum Gasteiger partial charge on any atom is -0.258 e. The molecule has 0 saturated heterocycles. The minimum atomic E-state index is -0.665. The molecule has 1 heterocycles. The quantitative estimate of drug-likeness (QED) is 0.245. The predicted octanol–water partition coefficient (Wildman–Crippen LogP) is 5.32. The van der Waals surface area contributed by atoms with Gasteiger partial charge in [0.05, 0.1) is 16.3 Å². The third kappa shape index (κ3) is 4.08. The lowest BCUT2D eigenvalue weighted by Gasteiger charge is -2.21. The van der Waals surface area contributed by atoms with Crippen molar-refractivity contribution in [3.63, 3.8) is 0 Å². The second-order valence-electron chi connectivity index (χ2n) is 6.37. The fourth-order valence-electron chi connectivity index (χ4n) is 3.08. The number of hydrogen-bond acceptors (Lipinski definition) is 5. The fourth-order valence-corrected chi connectivity index (χ4v) is 3.27. The van der Waals surface area contributed by atoms with Crippen molar-refractivity contribution in [3.8, 4) is 0 Å². The number of thiocarbonyl (C=S) groups is 1. The molecule has 0 aliphatic carbocycles. The second kappa shape index (κ2) is 8.62. The summed E-state index contributed by atoms with van der Waals surface area (Å²) < 4.78 is 0. The van der Waals surface area contributed by atoms with E-state index in [0.29, 0.717) is 11.4 Å². The zero-order chi connectivity index (χ0) is 20.9. The van der Waals surface area contributed by atoms with E-state index < -0.39 is 11.0 Å². The van der Waals surface area contributed by atoms with E-state index in [2.05, 4.69) is 20.2 Å². The highest BCUT2D eigenvalue weighted by atomic mass is 32.1. The van der Waals surface area contributed by atoms with Crippen LogP contribution in [0.15, 0.2) is 105 Å². The van der Waals surface area contributed by atoms with Crippen molar-refractivity contribution in [3.05, 3.63) is 106 Å². The molecular weight excluding hydrogens is 398 g/mol. The average Bonchev–Trinajstić information content (AvgIpc) is 2.79. The van der Waals surface area contributed by atoms with Gasteiger partial charge in [-0.05, 0) is 29.4 Å². The van der Waals surface area contributed by atoms with Gasteiger partial charge in [0.1, 0.15) is 0 Å². The highest BCUT2D eigenvalue weighted by molar-refractivity contribution is 7.80. The van der Waals surface area contributed by atoms with Gasteiger partial charge in [-0.3, -0.25) is 10.1 Å². The second-order valence-corrected chi connectivity index (χ2v) is 6.74. The molecule has 7 nitrogen and oxygen atoms in total. The standard InChI is InChI=1S/C22H15N5O2S/c28-27(29)18-14-8-7-13-17(18)25-26-21-19(15-9-3-1-4-10-15)23-22(30)24-20(21)16-11-5-2-6-12-16/h1-14,21H. The molecule has 0 N–H and O–H groups in total. The molecule has 1 aliphatic rings. The Labute approximate surface area is 177 Å². The first-order valence-electron chi connectivity index (χ1n) is 9.10. The lowest BCUT2D eigenvalue weighted by molar-refractivity contribution is -0.384. The van der Waals surface area contributed by atoms with Gasteiger partial charge >= 0.3 is 0 Å². The third-order valence-electron chi connectivity index (χ3n) is 4.45. The van der Waals surface area contributed by atoms with Gasteiger partial charge in [0.25, 0.3) is 5.69 Å². The largest absolute Gasteiger partial charge is 0.296 e. The molecule has 0 amide bonds. The third-order valence-corrected chi connectivity index (χ3v) is 4.63. The molecule has 4 rings (SSSR count). The van der Waals surface area contributed by atoms with Crippen LogP contribution in [0.3, 0.4) is 0 Å². The number of aliphatic imine (C=N–C) groups is 2. The molecule has 8 heteroatoms. The Kier molecular flexibility index (Phi) is 5.58. The summed E-state index contributed by atoms with van der Waals surface area (Å²) in [7, 11) is 0. The van der Waals surface area contributed by atoms with Gasteiger partial charge in [0.15, 0.2) is 11.7 Å². The van der Waals surface area contributed by atoms with E-state index in [4.69, 9.17) is 12.2 Å². The van der Waals surface area contributed by atoms with Gasteiger partial charge in [-0.1, -0.05) is 72.8 Å². The van der Waals surface area contributed by atoms with Crippen LogP contribution >= 0.6 is 12.2 Å². The molecule has 30 heavy (non-hydrogen) atoms. The van der Waals surface area contributed by atoms with Crippen molar-refractivity contribution in [2.45, 2.75) is 6.04 Å². The molecule has 1 aliphatic heterocycles. The van der Waals surface area contributed by atoms with E-state index in [1.807, 2.05) is 60.7 Å². The molecular formula is C22H15N5O2S. The SMILES string of the molecule is O=[N+]([O-])c1ccccc1N=NC1C(c2ccccc2)=NC(=S)N=C1c1ccccc1. The van der Waals surface area contributed by atoms with E-state index in [9.17, 15) is 10.1 Å². The molecule has 0 saturated carbocycles. The van der Waals surface area contributed by atoms with Crippen molar-refractivity contribution < 1.29 is 4.92 Å². The molecule has 3 aromatic rings. The Morgan fingerprint density at radius 1 is 0.800 bits per heavy atom. The maximum Gasteiger partial charge on any atom is 0.296 e. The zero-order valence-electron chi connectivity index (χ0n) is 15.6. The summed E-state index contributed by atoms with van der Waals surface area (Å²) in [5, 5.41) is 20.2. The van der Waals surface area contributed by atoms with E-state index in [1.165, 1.54) is 6.07 Å². The normalized spacial score (nSPS) is 14.5. The van der Waals surface area contributed by atoms with Crippen LogP contribution in [-0.4, -0.2) is 27.5 Å². The summed E-state index contributed by atoms with van der Waals surface area (Å²) >= 11 is 5.31. The highest BCUT2D eigenvalue weighted by Gasteiger charge is 2.29. The molecule has 3 aromatic carbocycles. The van der Waals surface area contributed by atoms with Gasteiger partial charge < -0.3 is 0 Å². The predicted molar refractivity (Wildman–Crippen MR) is 120 cm³/mol. The first-order valence-corrected chi connectivity index (χ1v) is 9.50. The number of rotatable bonds is 5. The van der Waals surface area contributed by atoms with Crippen molar-refractivity contribution in [2.24, 2.45) is 20.2 Å². The number of nitrogens with zero attached hydrogens (tertiary/aromatic N) is 5. The van der Waals surface area contributed by atoms with Crippen LogP contribution in [0.2, 0.25) is 0 Å². The van der Waals surface area contributed by atoms with E-state index in [0.717, 1.165) is 11.1 Å². The maximum absolute atomic E-state index is 11.3. The number of para-hydroxylation sites is 1. The average molecular weight is 413 g/mol. The Morgan fingerprint density at radius 2 is 1.30 bits per heavy atom. The van der Waals surface area contributed by atoms with Crippen LogP contribution in [-0.2, 0) is 0 Å².